The first-order valence-corrected chi connectivity index (χ1v) is 6.23. The maximum Gasteiger partial charge on any atom is 0.355 e. The van der Waals surface area contributed by atoms with E-state index in [-0.39, 0.29) is 5.69 Å². The minimum atomic E-state index is -0.944. The van der Waals surface area contributed by atoms with Crippen LogP contribution in [0.25, 0.3) is 0 Å². The molecule has 0 saturated heterocycles. The van der Waals surface area contributed by atoms with Gasteiger partial charge in [-0.15, -0.1) is 11.3 Å². The first-order chi connectivity index (χ1) is 7.45. The molecule has 5 heteroatoms. The van der Waals surface area contributed by atoms with Crippen LogP contribution >= 0.6 is 11.3 Å². The number of thiazole rings is 1. The Morgan fingerprint density at radius 3 is 2.56 bits per heavy atom. The number of carboxylic acid groups (broad SMARTS) is 1. The van der Waals surface area contributed by atoms with Gasteiger partial charge in [-0.25, -0.2) is 9.78 Å². The molecular weight excluding hydrogens is 224 g/mol. The monoisotopic (exact) mass is 242 g/mol. The van der Waals surface area contributed by atoms with E-state index in [2.05, 4.69) is 30.7 Å². The molecule has 0 bridgehead atoms. The van der Waals surface area contributed by atoms with Crippen molar-refractivity contribution in [3.8, 4) is 0 Å². The molecule has 0 unspecified atom stereocenters. The van der Waals surface area contributed by atoms with Crippen LogP contribution in [0.1, 0.15) is 36.1 Å². The summed E-state index contributed by atoms with van der Waals surface area (Å²) in [4.78, 5) is 18.0. The van der Waals surface area contributed by atoms with Crippen LogP contribution in [-0.2, 0) is 0 Å². The normalized spacial score (nSPS) is 10.8. The molecule has 1 heterocycles. The third kappa shape index (κ3) is 2.95. The minimum Gasteiger partial charge on any atom is -0.476 e. The van der Waals surface area contributed by atoms with E-state index in [1.807, 2.05) is 0 Å². The van der Waals surface area contributed by atoms with Gasteiger partial charge in [0.15, 0.2) is 10.8 Å². The fourth-order valence-corrected chi connectivity index (χ4v) is 2.47. The molecule has 1 N–H and O–H groups in total. The smallest absolute Gasteiger partial charge is 0.355 e. The Hall–Kier alpha value is -1.10. The van der Waals surface area contributed by atoms with E-state index < -0.39 is 5.97 Å². The molecule has 0 fully saturated rings. The summed E-state index contributed by atoms with van der Waals surface area (Å²) in [5, 5.41) is 9.75. The second kappa shape index (κ2) is 5.30. The largest absolute Gasteiger partial charge is 0.476 e. The van der Waals surface area contributed by atoms with E-state index in [1.54, 1.807) is 6.92 Å². The predicted molar refractivity (Wildman–Crippen MR) is 66.5 cm³/mol. The van der Waals surface area contributed by atoms with Crippen molar-refractivity contribution in [1.82, 2.24) is 4.98 Å². The van der Waals surface area contributed by atoms with E-state index in [0.29, 0.717) is 5.92 Å². The number of aryl methyl sites for hydroxylation is 1. The predicted octanol–water partition coefficient (Wildman–Crippen LogP) is 2.63. The number of rotatable bonds is 5. The Bertz CT molecular complexity index is 374. The van der Waals surface area contributed by atoms with Crippen LogP contribution in [0.4, 0.5) is 5.13 Å². The molecular formula is C11H18N2O2S. The number of aromatic carboxylic acids is 1. The van der Waals surface area contributed by atoms with E-state index in [1.165, 1.54) is 11.3 Å². The highest BCUT2D eigenvalue weighted by molar-refractivity contribution is 7.15. The number of anilines is 1. The van der Waals surface area contributed by atoms with Gasteiger partial charge >= 0.3 is 5.97 Å². The van der Waals surface area contributed by atoms with E-state index in [9.17, 15) is 4.79 Å². The molecule has 16 heavy (non-hydrogen) atoms. The van der Waals surface area contributed by atoms with Crippen molar-refractivity contribution >= 4 is 22.4 Å². The highest BCUT2D eigenvalue weighted by atomic mass is 32.1. The summed E-state index contributed by atoms with van der Waals surface area (Å²) in [5.41, 5.74) is 0.183. The van der Waals surface area contributed by atoms with Crippen LogP contribution in [0.5, 0.6) is 0 Å². The lowest BCUT2D eigenvalue weighted by Crippen LogP contribution is -2.27. The van der Waals surface area contributed by atoms with Gasteiger partial charge in [-0.05, 0) is 19.8 Å². The van der Waals surface area contributed by atoms with Crippen LogP contribution in [0, 0.1) is 12.8 Å². The molecule has 0 amide bonds. The van der Waals surface area contributed by atoms with Gasteiger partial charge in [0, 0.05) is 18.0 Å². The summed E-state index contributed by atoms with van der Waals surface area (Å²) in [6.07, 6.45) is 0. The van der Waals surface area contributed by atoms with Gasteiger partial charge in [-0.3, -0.25) is 0 Å². The lowest BCUT2D eigenvalue weighted by atomic mass is 10.2. The van der Waals surface area contributed by atoms with E-state index in [4.69, 9.17) is 5.11 Å². The van der Waals surface area contributed by atoms with Crippen LogP contribution in [0.15, 0.2) is 0 Å². The summed E-state index contributed by atoms with van der Waals surface area (Å²) in [6, 6.07) is 0. The summed E-state index contributed by atoms with van der Waals surface area (Å²) in [7, 11) is 0. The number of carbonyl (C=O) groups is 1. The molecule has 1 aromatic heterocycles. The lowest BCUT2D eigenvalue weighted by molar-refractivity contribution is 0.0690. The maximum absolute atomic E-state index is 10.9. The zero-order valence-corrected chi connectivity index (χ0v) is 11.0. The molecule has 0 aromatic carbocycles. The second-order valence-electron chi connectivity index (χ2n) is 4.14. The fraction of sp³-hybridized carbons (Fsp3) is 0.636. The van der Waals surface area contributed by atoms with E-state index in [0.717, 1.165) is 23.1 Å². The van der Waals surface area contributed by atoms with Gasteiger partial charge in [0.1, 0.15) is 0 Å². The summed E-state index contributed by atoms with van der Waals surface area (Å²) >= 11 is 1.45. The second-order valence-corrected chi connectivity index (χ2v) is 5.32. The molecule has 0 aliphatic rings. The third-order valence-electron chi connectivity index (χ3n) is 2.23. The Balaban J connectivity index is 2.93. The van der Waals surface area contributed by atoms with Gasteiger partial charge < -0.3 is 10.0 Å². The van der Waals surface area contributed by atoms with Crippen LogP contribution < -0.4 is 4.90 Å². The molecule has 0 aliphatic carbocycles. The minimum absolute atomic E-state index is 0.183. The van der Waals surface area contributed by atoms with Crippen molar-refractivity contribution in [2.75, 3.05) is 18.0 Å². The number of hydrogen-bond acceptors (Lipinski definition) is 4. The molecule has 0 saturated carbocycles. The van der Waals surface area contributed by atoms with Crippen molar-refractivity contribution in [3.05, 3.63) is 10.6 Å². The maximum atomic E-state index is 10.9. The van der Waals surface area contributed by atoms with Gasteiger partial charge in [-0.1, -0.05) is 13.8 Å². The lowest BCUT2D eigenvalue weighted by Gasteiger charge is -2.21. The highest BCUT2D eigenvalue weighted by Crippen LogP contribution is 2.26. The number of hydrogen-bond donors (Lipinski definition) is 1. The van der Waals surface area contributed by atoms with Crippen LogP contribution in [-0.4, -0.2) is 29.1 Å². The zero-order chi connectivity index (χ0) is 12.3. The Labute approximate surface area is 99.9 Å². The molecule has 0 atom stereocenters. The summed E-state index contributed by atoms with van der Waals surface area (Å²) in [6.45, 7) is 9.89. The number of nitrogens with zero attached hydrogens (tertiary/aromatic N) is 2. The quantitative estimate of drug-likeness (QED) is 0.862. The molecule has 1 aromatic rings. The van der Waals surface area contributed by atoms with Crippen molar-refractivity contribution < 1.29 is 9.90 Å². The van der Waals surface area contributed by atoms with Gasteiger partial charge in [0.05, 0.1) is 0 Å². The van der Waals surface area contributed by atoms with E-state index >= 15 is 0 Å². The zero-order valence-electron chi connectivity index (χ0n) is 10.1. The topological polar surface area (TPSA) is 53.4 Å². The number of aromatic nitrogens is 1. The molecule has 1 rings (SSSR count). The molecule has 0 radical (unpaired) electrons. The Morgan fingerprint density at radius 1 is 1.56 bits per heavy atom. The van der Waals surface area contributed by atoms with Crippen molar-refractivity contribution in [2.24, 2.45) is 5.92 Å². The summed E-state index contributed by atoms with van der Waals surface area (Å²) < 4.78 is 0. The van der Waals surface area contributed by atoms with Gasteiger partial charge in [0.2, 0.25) is 0 Å². The number of carboxylic acids is 1. The average Bonchev–Trinajstić information content (AvgIpc) is 2.56. The standard InChI is InChI=1S/C11H18N2O2S/c1-5-13(6-7(2)3)11-12-9(10(14)15)8(4)16-11/h7H,5-6H2,1-4H3,(H,14,15). The van der Waals surface area contributed by atoms with Gasteiger partial charge in [-0.2, -0.15) is 0 Å². The molecule has 0 aliphatic heterocycles. The van der Waals surface area contributed by atoms with Crippen molar-refractivity contribution in [1.29, 1.82) is 0 Å². The Morgan fingerprint density at radius 2 is 2.19 bits per heavy atom. The highest BCUT2D eigenvalue weighted by Gasteiger charge is 2.17. The average molecular weight is 242 g/mol. The van der Waals surface area contributed by atoms with Crippen LogP contribution in [0.2, 0.25) is 0 Å². The van der Waals surface area contributed by atoms with Crippen molar-refractivity contribution in [2.45, 2.75) is 27.7 Å². The summed E-state index contributed by atoms with van der Waals surface area (Å²) in [5.74, 6) is -0.405. The van der Waals surface area contributed by atoms with Crippen molar-refractivity contribution in [3.63, 3.8) is 0 Å². The fourth-order valence-electron chi connectivity index (χ4n) is 1.50. The molecule has 0 spiro atoms. The molecule has 4 nitrogen and oxygen atoms in total. The Kier molecular flexibility index (Phi) is 4.29. The molecule has 90 valence electrons. The SMILES string of the molecule is CCN(CC(C)C)c1nc(C(=O)O)c(C)s1. The first kappa shape index (κ1) is 13.0. The third-order valence-corrected chi connectivity index (χ3v) is 3.26. The van der Waals surface area contributed by atoms with Crippen LogP contribution in [0.3, 0.4) is 0 Å². The first-order valence-electron chi connectivity index (χ1n) is 5.41. The van der Waals surface area contributed by atoms with Gasteiger partial charge in [0.25, 0.3) is 0 Å².